The largest absolute Gasteiger partial charge is 0.377 e. The number of hydrogen-bond acceptors (Lipinski definition) is 3. The van der Waals surface area contributed by atoms with E-state index in [4.69, 9.17) is 10.5 Å². The van der Waals surface area contributed by atoms with Crippen LogP contribution >= 0.6 is 0 Å². The fourth-order valence-electron chi connectivity index (χ4n) is 1.18. The molecule has 0 radical (unpaired) electrons. The van der Waals surface area contributed by atoms with Crippen LogP contribution in [0.2, 0.25) is 0 Å². The number of hydrogen-bond donors (Lipinski definition) is 1. The molecule has 0 aliphatic rings. The molecule has 1 rings (SSSR count). The van der Waals surface area contributed by atoms with E-state index in [0.717, 1.165) is 12.0 Å². The summed E-state index contributed by atoms with van der Waals surface area (Å²) in [5.74, 6) is 0. The normalized spacial score (nSPS) is 13.2. The van der Waals surface area contributed by atoms with Crippen molar-refractivity contribution in [3.05, 3.63) is 18.0 Å². The first kappa shape index (κ1) is 9.22. The fourth-order valence-corrected chi connectivity index (χ4v) is 1.18. The summed E-state index contributed by atoms with van der Waals surface area (Å²) in [6.45, 7) is 0.632. The molecule has 0 saturated heterocycles. The molecule has 0 spiro atoms. The van der Waals surface area contributed by atoms with E-state index in [1.165, 1.54) is 0 Å². The zero-order valence-electron chi connectivity index (χ0n) is 7.53. The van der Waals surface area contributed by atoms with Crippen LogP contribution in [0.4, 0.5) is 0 Å². The average molecular weight is 169 g/mol. The lowest BCUT2D eigenvalue weighted by atomic mass is 10.1. The van der Waals surface area contributed by atoms with Crippen molar-refractivity contribution in [3.63, 3.8) is 0 Å². The van der Waals surface area contributed by atoms with Crippen molar-refractivity contribution in [1.29, 1.82) is 0 Å². The smallest absolute Gasteiger partial charge is 0.0863 e. The van der Waals surface area contributed by atoms with Crippen LogP contribution in [0, 0.1) is 0 Å². The second kappa shape index (κ2) is 4.23. The molecule has 0 aliphatic heterocycles. The Morgan fingerprint density at radius 3 is 2.92 bits per heavy atom. The average Bonchev–Trinajstić information content (AvgIpc) is 2.47. The van der Waals surface area contributed by atoms with Crippen molar-refractivity contribution in [2.45, 2.75) is 12.5 Å². The van der Waals surface area contributed by atoms with Crippen molar-refractivity contribution >= 4 is 0 Å². The molecule has 1 aromatic heterocycles. The van der Waals surface area contributed by atoms with E-state index in [-0.39, 0.29) is 6.10 Å². The van der Waals surface area contributed by atoms with Crippen molar-refractivity contribution in [3.8, 4) is 0 Å². The van der Waals surface area contributed by atoms with Gasteiger partial charge in [-0.3, -0.25) is 4.68 Å². The molecule has 0 fully saturated rings. The van der Waals surface area contributed by atoms with Gasteiger partial charge in [0.25, 0.3) is 0 Å². The Bertz CT molecular complexity index is 234. The molecule has 2 N–H and O–H groups in total. The van der Waals surface area contributed by atoms with E-state index in [2.05, 4.69) is 5.10 Å². The summed E-state index contributed by atoms with van der Waals surface area (Å²) in [6, 6.07) is 0. The zero-order chi connectivity index (χ0) is 8.97. The minimum Gasteiger partial charge on any atom is -0.377 e. The lowest BCUT2D eigenvalue weighted by Gasteiger charge is -2.11. The Balaban J connectivity index is 2.66. The molecule has 1 aromatic rings. The van der Waals surface area contributed by atoms with Crippen LogP contribution in [0.1, 0.15) is 18.1 Å². The topological polar surface area (TPSA) is 53.1 Å². The molecule has 4 nitrogen and oxygen atoms in total. The summed E-state index contributed by atoms with van der Waals surface area (Å²) in [4.78, 5) is 0. The summed E-state index contributed by atoms with van der Waals surface area (Å²) in [6.07, 6.45) is 4.68. The lowest BCUT2D eigenvalue weighted by Crippen LogP contribution is -2.08. The van der Waals surface area contributed by atoms with Crippen molar-refractivity contribution in [1.82, 2.24) is 9.78 Å². The summed E-state index contributed by atoms with van der Waals surface area (Å²) in [5.41, 5.74) is 6.53. The van der Waals surface area contributed by atoms with Gasteiger partial charge in [-0.25, -0.2) is 0 Å². The van der Waals surface area contributed by atoms with Gasteiger partial charge in [-0.15, -0.1) is 0 Å². The van der Waals surface area contributed by atoms with Gasteiger partial charge in [0.1, 0.15) is 0 Å². The molecule has 0 bridgehead atoms. The van der Waals surface area contributed by atoms with Gasteiger partial charge in [-0.05, 0) is 13.0 Å². The minimum absolute atomic E-state index is 0.0868. The molecule has 1 unspecified atom stereocenters. The lowest BCUT2D eigenvalue weighted by molar-refractivity contribution is 0.0977. The highest BCUT2D eigenvalue weighted by Crippen LogP contribution is 2.18. The third-order valence-electron chi connectivity index (χ3n) is 1.81. The van der Waals surface area contributed by atoms with Gasteiger partial charge in [0.05, 0.1) is 12.3 Å². The number of nitrogens with zero attached hydrogens (tertiary/aromatic N) is 2. The van der Waals surface area contributed by atoms with Gasteiger partial charge < -0.3 is 10.5 Å². The molecule has 0 aliphatic carbocycles. The molecule has 68 valence electrons. The molecule has 0 amide bonds. The number of methoxy groups -OCH3 is 1. The molecular formula is C8H15N3O. The van der Waals surface area contributed by atoms with Crippen LogP contribution in [-0.4, -0.2) is 23.4 Å². The summed E-state index contributed by atoms with van der Waals surface area (Å²) in [5, 5.41) is 4.06. The summed E-state index contributed by atoms with van der Waals surface area (Å²) in [7, 11) is 3.58. The van der Waals surface area contributed by atoms with Crippen molar-refractivity contribution in [2.24, 2.45) is 12.8 Å². The van der Waals surface area contributed by atoms with Crippen LogP contribution in [0.5, 0.6) is 0 Å². The fraction of sp³-hybridized carbons (Fsp3) is 0.625. The van der Waals surface area contributed by atoms with Crippen LogP contribution in [0.3, 0.4) is 0 Å². The van der Waals surface area contributed by atoms with Gasteiger partial charge in [0, 0.05) is 25.9 Å². The van der Waals surface area contributed by atoms with Gasteiger partial charge in [-0.1, -0.05) is 0 Å². The third kappa shape index (κ3) is 2.06. The summed E-state index contributed by atoms with van der Waals surface area (Å²) < 4.78 is 7.02. The molecular weight excluding hydrogens is 154 g/mol. The molecule has 1 atom stereocenters. The molecule has 1 heterocycles. The van der Waals surface area contributed by atoms with Crippen LogP contribution in [-0.2, 0) is 11.8 Å². The molecule has 0 aromatic carbocycles. The first-order chi connectivity index (χ1) is 5.77. The van der Waals surface area contributed by atoms with Gasteiger partial charge >= 0.3 is 0 Å². The monoisotopic (exact) mass is 169 g/mol. The van der Waals surface area contributed by atoms with Crippen molar-refractivity contribution in [2.75, 3.05) is 13.7 Å². The predicted octanol–water partition coefficient (Wildman–Crippen LogP) is 0.456. The Kier molecular flexibility index (Phi) is 3.25. The second-order valence-electron chi connectivity index (χ2n) is 2.75. The number of aromatic nitrogens is 2. The molecule has 12 heavy (non-hydrogen) atoms. The van der Waals surface area contributed by atoms with Crippen molar-refractivity contribution < 1.29 is 4.74 Å². The number of aryl methyl sites for hydroxylation is 1. The highest BCUT2D eigenvalue weighted by Gasteiger charge is 2.10. The quantitative estimate of drug-likeness (QED) is 0.712. The van der Waals surface area contributed by atoms with Crippen LogP contribution < -0.4 is 5.73 Å². The second-order valence-corrected chi connectivity index (χ2v) is 2.75. The van der Waals surface area contributed by atoms with E-state index in [1.807, 2.05) is 19.4 Å². The van der Waals surface area contributed by atoms with Gasteiger partial charge in [0.2, 0.25) is 0 Å². The zero-order valence-corrected chi connectivity index (χ0v) is 7.53. The Morgan fingerprint density at radius 1 is 1.75 bits per heavy atom. The Hall–Kier alpha value is -0.870. The standard InChI is InChI=1S/C8H15N3O/c1-11-6-7(5-10-11)8(12-2)3-4-9/h5-6,8H,3-4,9H2,1-2H3. The highest BCUT2D eigenvalue weighted by atomic mass is 16.5. The van der Waals surface area contributed by atoms with Crippen LogP contribution in [0.25, 0.3) is 0 Å². The third-order valence-corrected chi connectivity index (χ3v) is 1.81. The Morgan fingerprint density at radius 2 is 2.50 bits per heavy atom. The van der Waals surface area contributed by atoms with Crippen LogP contribution in [0.15, 0.2) is 12.4 Å². The summed E-state index contributed by atoms with van der Waals surface area (Å²) >= 11 is 0. The Labute approximate surface area is 72.3 Å². The van der Waals surface area contributed by atoms with E-state index in [9.17, 15) is 0 Å². The SMILES string of the molecule is COC(CCN)c1cnn(C)c1. The first-order valence-electron chi connectivity index (χ1n) is 3.99. The maximum atomic E-state index is 5.44. The minimum atomic E-state index is 0.0868. The van der Waals surface area contributed by atoms with Gasteiger partial charge in [0.15, 0.2) is 0 Å². The molecule has 0 saturated carbocycles. The first-order valence-corrected chi connectivity index (χ1v) is 3.99. The van der Waals surface area contributed by atoms with E-state index in [0.29, 0.717) is 6.54 Å². The molecule has 4 heteroatoms. The maximum absolute atomic E-state index is 5.44. The highest BCUT2D eigenvalue weighted by molar-refractivity contribution is 5.07. The van der Waals surface area contributed by atoms with E-state index < -0.39 is 0 Å². The number of rotatable bonds is 4. The van der Waals surface area contributed by atoms with E-state index in [1.54, 1.807) is 11.8 Å². The predicted molar refractivity (Wildman–Crippen MR) is 46.6 cm³/mol. The number of ether oxygens (including phenoxy) is 1. The van der Waals surface area contributed by atoms with E-state index >= 15 is 0 Å². The number of nitrogens with two attached hydrogens (primary N) is 1. The maximum Gasteiger partial charge on any atom is 0.0863 e. The van der Waals surface area contributed by atoms with Gasteiger partial charge in [-0.2, -0.15) is 5.10 Å².